The molecule has 1 amide bonds. The van der Waals surface area contributed by atoms with Crippen molar-refractivity contribution in [2.75, 3.05) is 26.2 Å². The first-order chi connectivity index (χ1) is 17.2. The summed E-state index contributed by atoms with van der Waals surface area (Å²) in [6.45, 7) is 1.74. The fourth-order valence-electron chi connectivity index (χ4n) is 3.80. The Balaban J connectivity index is 1.39. The molecule has 0 radical (unpaired) electrons. The molecule has 1 aliphatic rings. The summed E-state index contributed by atoms with van der Waals surface area (Å²) in [5.74, 6) is -0.0804. The lowest BCUT2D eigenvalue weighted by molar-refractivity contribution is -0.144. The maximum atomic E-state index is 13.1. The molecule has 0 bridgehead atoms. The number of ether oxygens (including phenoxy) is 1. The lowest BCUT2D eigenvalue weighted by Gasteiger charge is -2.41. The third-order valence-corrected chi connectivity index (χ3v) is 8.65. The van der Waals surface area contributed by atoms with Crippen LogP contribution in [0.5, 0.6) is 5.75 Å². The zero-order valence-electron chi connectivity index (χ0n) is 19.2. The normalized spacial score (nSPS) is 17.7. The van der Waals surface area contributed by atoms with Crippen LogP contribution in [-0.2, 0) is 14.8 Å². The molecule has 36 heavy (non-hydrogen) atoms. The number of thiazole rings is 1. The van der Waals surface area contributed by atoms with E-state index in [9.17, 15) is 18.3 Å². The smallest absolute Gasteiger partial charge is 0.263 e. The molecule has 1 saturated heterocycles. The quantitative estimate of drug-likeness (QED) is 0.427. The molecule has 1 aliphatic heterocycles. The number of amides is 1. The van der Waals surface area contributed by atoms with E-state index < -0.39 is 22.2 Å². The lowest BCUT2D eigenvalue weighted by atomic mass is 10.1. The number of carbonyl (C=O) groups excluding carboxylic acids is 1. The molecule has 9 nitrogen and oxygen atoms in total. The molecular formula is C23H24Cl2N4O5S2. The molecule has 3 aromatic rings. The van der Waals surface area contributed by atoms with Crippen LogP contribution in [0.3, 0.4) is 0 Å². The first kappa shape index (κ1) is 26.8. The molecule has 192 valence electrons. The van der Waals surface area contributed by atoms with Crippen molar-refractivity contribution in [3.63, 3.8) is 0 Å². The largest absolute Gasteiger partial charge is 0.479 e. The van der Waals surface area contributed by atoms with E-state index in [2.05, 4.69) is 9.82 Å². The Kier molecular flexibility index (Phi) is 8.51. The zero-order chi connectivity index (χ0) is 25.9. The van der Waals surface area contributed by atoms with Gasteiger partial charge in [0.05, 0.1) is 22.6 Å². The van der Waals surface area contributed by atoms with Crippen LogP contribution in [0.2, 0.25) is 10.0 Å². The summed E-state index contributed by atoms with van der Waals surface area (Å²) >= 11 is 13.6. The van der Waals surface area contributed by atoms with Crippen LogP contribution in [0.25, 0.3) is 10.6 Å². The Morgan fingerprint density at radius 1 is 1.25 bits per heavy atom. The maximum absolute atomic E-state index is 13.1. The predicted molar refractivity (Wildman–Crippen MR) is 139 cm³/mol. The number of aliphatic hydroxyl groups excluding tert-OH is 1. The second-order valence-electron chi connectivity index (χ2n) is 8.08. The molecule has 0 spiro atoms. The van der Waals surface area contributed by atoms with Gasteiger partial charge in [-0.05, 0) is 31.2 Å². The number of rotatable bonds is 8. The van der Waals surface area contributed by atoms with Gasteiger partial charge in [0.15, 0.2) is 6.10 Å². The fourth-order valence-corrected chi connectivity index (χ4v) is 5.89. The maximum Gasteiger partial charge on any atom is 0.263 e. The molecule has 1 fully saturated rings. The van der Waals surface area contributed by atoms with Crippen molar-refractivity contribution < 1.29 is 23.1 Å². The zero-order valence-corrected chi connectivity index (χ0v) is 22.3. The average Bonchev–Trinajstić information content (AvgIpc) is 3.41. The van der Waals surface area contributed by atoms with Crippen molar-refractivity contribution in [1.29, 1.82) is 0 Å². The molecule has 2 atom stereocenters. The topological polar surface area (TPSA) is 112 Å². The summed E-state index contributed by atoms with van der Waals surface area (Å²) < 4.78 is 31.6. The standard InChI is InChI=1S/C23H24Cl2N4O5S2/c1-15(34-20-4-2-3-19(24)21(20)25)23(31)29-11-10-28(13-17(29)14-30)27-36(32,33)18-7-5-16(6-8-18)22-26-9-12-35-22/h2-9,12,15,17,27,30H,10-11,13-14H2,1H3. The van der Waals surface area contributed by atoms with E-state index in [0.29, 0.717) is 5.02 Å². The van der Waals surface area contributed by atoms with Crippen LogP contribution in [-0.4, -0.2) is 72.7 Å². The van der Waals surface area contributed by atoms with Crippen molar-refractivity contribution in [3.8, 4) is 16.3 Å². The monoisotopic (exact) mass is 570 g/mol. The van der Waals surface area contributed by atoms with Gasteiger partial charge in [0.1, 0.15) is 15.8 Å². The van der Waals surface area contributed by atoms with E-state index in [1.54, 1.807) is 43.5 Å². The van der Waals surface area contributed by atoms with E-state index in [4.69, 9.17) is 27.9 Å². The van der Waals surface area contributed by atoms with Gasteiger partial charge in [0.25, 0.3) is 15.9 Å². The van der Waals surface area contributed by atoms with Gasteiger partial charge in [-0.15, -0.1) is 16.2 Å². The molecule has 2 aromatic carbocycles. The van der Waals surface area contributed by atoms with Crippen molar-refractivity contribution >= 4 is 50.5 Å². The summed E-state index contributed by atoms with van der Waals surface area (Å²) in [5, 5.41) is 14.6. The van der Waals surface area contributed by atoms with Crippen LogP contribution in [0.1, 0.15) is 6.92 Å². The molecule has 4 rings (SSSR count). The Morgan fingerprint density at radius 2 is 2.00 bits per heavy atom. The second-order valence-corrected chi connectivity index (χ2v) is 11.4. The Labute approximate surface area is 223 Å². The van der Waals surface area contributed by atoms with Gasteiger partial charge in [-0.2, -0.15) is 0 Å². The number of piperazine rings is 1. The number of nitrogens with zero attached hydrogens (tertiary/aromatic N) is 3. The minimum absolute atomic E-state index is 0.0993. The number of sulfonamides is 1. The molecule has 0 aliphatic carbocycles. The van der Waals surface area contributed by atoms with E-state index in [1.165, 1.54) is 33.4 Å². The summed E-state index contributed by atoms with van der Waals surface area (Å²) in [6, 6.07) is 10.7. The third-order valence-electron chi connectivity index (χ3n) is 5.64. The molecule has 13 heteroatoms. The third kappa shape index (κ3) is 6.00. The van der Waals surface area contributed by atoms with Crippen LogP contribution in [0.4, 0.5) is 0 Å². The highest BCUT2D eigenvalue weighted by Crippen LogP contribution is 2.32. The van der Waals surface area contributed by atoms with Gasteiger partial charge in [-0.3, -0.25) is 4.79 Å². The van der Waals surface area contributed by atoms with Crippen LogP contribution < -0.4 is 9.57 Å². The summed E-state index contributed by atoms with van der Waals surface area (Å²) in [7, 11) is -3.86. The number of halogens is 2. The molecule has 2 heterocycles. The number of benzene rings is 2. The Morgan fingerprint density at radius 3 is 2.67 bits per heavy atom. The summed E-state index contributed by atoms with van der Waals surface area (Å²) in [4.78, 5) is 21.4. The van der Waals surface area contributed by atoms with E-state index in [0.717, 1.165) is 10.6 Å². The van der Waals surface area contributed by atoms with Crippen molar-refractivity contribution in [1.82, 2.24) is 19.7 Å². The molecule has 2 N–H and O–H groups in total. The van der Waals surface area contributed by atoms with Gasteiger partial charge in [-0.1, -0.05) is 41.4 Å². The fraction of sp³-hybridized carbons (Fsp3) is 0.304. The lowest BCUT2D eigenvalue weighted by Crippen LogP contribution is -2.62. The van der Waals surface area contributed by atoms with Gasteiger partial charge >= 0.3 is 0 Å². The molecule has 0 saturated carbocycles. The van der Waals surface area contributed by atoms with Crippen molar-refractivity contribution in [2.24, 2.45) is 0 Å². The SMILES string of the molecule is CC(Oc1cccc(Cl)c1Cl)C(=O)N1CCN(NS(=O)(=O)c2ccc(-c3nccs3)cc2)CC1CO. The van der Waals surface area contributed by atoms with Crippen molar-refractivity contribution in [2.45, 2.75) is 24.0 Å². The van der Waals surface area contributed by atoms with Gasteiger partial charge in [0.2, 0.25) is 0 Å². The molecule has 1 aromatic heterocycles. The predicted octanol–water partition coefficient (Wildman–Crippen LogP) is 3.28. The highest BCUT2D eigenvalue weighted by molar-refractivity contribution is 7.89. The Hall–Kier alpha value is -2.25. The first-order valence-corrected chi connectivity index (χ1v) is 14.1. The number of nitrogens with one attached hydrogen (secondary N) is 1. The molecule has 2 unspecified atom stereocenters. The number of hydrogen-bond donors (Lipinski definition) is 2. The highest BCUT2D eigenvalue weighted by atomic mass is 35.5. The average molecular weight is 572 g/mol. The van der Waals surface area contributed by atoms with Crippen LogP contribution in [0, 0.1) is 0 Å². The van der Waals surface area contributed by atoms with Gasteiger partial charge in [-0.25, -0.2) is 18.4 Å². The number of hydrazine groups is 1. The van der Waals surface area contributed by atoms with E-state index in [1.807, 2.05) is 5.38 Å². The van der Waals surface area contributed by atoms with Gasteiger partial charge < -0.3 is 14.7 Å². The summed E-state index contributed by atoms with van der Waals surface area (Å²) in [6.07, 6.45) is 0.794. The second kappa shape index (κ2) is 11.4. The number of aliphatic hydroxyl groups is 1. The molecular weight excluding hydrogens is 547 g/mol. The van der Waals surface area contributed by atoms with Crippen LogP contribution in [0.15, 0.2) is 58.9 Å². The van der Waals surface area contributed by atoms with E-state index in [-0.39, 0.29) is 47.8 Å². The number of aromatic nitrogens is 1. The minimum atomic E-state index is -3.86. The highest BCUT2D eigenvalue weighted by Gasteiger charge is 2.34. The first-order valence-electron chi connectivity index (χ1n) is 11.0. The number of hydrogen-bond acceptors (Lipinski definition) is 8. The van der Waals surface area contributed by atoms with E-state index >= 15 is 0 Å². The Bertz CT molecular complexity index is 1310. The van der Waals surface area contributed by atoms with Crippen LogP contribution >= 0.6 is 34.5 Å². The summed E-state index contributed by atoms with van der Waals surface area (Å²) in [5.41, 5.74) is 0.826. The van der Waals surface area contributed by atoms with Gasteiger partial charge in [0, 0.05) is 36.8 Å². The minimum Gasteiger partial charge on any atom is -0.479 e. The number of carbonyl (C=O) groups is 1. The van der Waals surface area contributed by atoms with Crippen molar-refractivity contribution in [3.05, 3.63) is 64.1 Å².